The molecule has 10 nitrogen and oxygen atoms in total. The molecule has 1 atom stereocenters. The molecule has 2 aromatic rings. The number of likely N-dealkylation sites (tertiary alicyclic amines) is 1. The molecule has 1 aliphatic heterocycles. The number of anilines is 1. The number of pyridine rings is 1. The Morgan fingerprint density at radius 1 is 1.20 bits per heavy atom. The van der Waals surface area contributed by atoms with Crippen molar-refractivity contribution in [2.24, 2.45) is 17.4 Å². The number of likely N-dealkylation sites (N-methyl/N-ethyl adjacent to an activating group) is 2. The fourth-order valence-corrected chi connectivity index (χ4v) is 6.47. The smallest absolute Gasteiger partial charge is 0.285 e. The number of ether oxygens (including phenoxy) is 1. The van der Waals surface area contributed by atoms with E-state index in [1.165, 1.54) is 11.6 Å². The highest BCUT2D eigenvalue weighted by Gasteiger charge is 2.34. The molecule has 2 saturated carbocycles. The van der Waals surface area contributed by atoms with Gasteiger partial charge in [-0.3, -0.25) is 14.7 Å². The van der Waals surface area contributed by atoms with E-state index in [1.54, 1.807) is 34.7 Å². The molecule has 274 valence electrons. The lowest BCUT2D eigenvalue weighted by Crippen LogP contribution is -2.56. The van der Waals surface area contributed by atoms with Crippen LogP contribution in [0.4, 0.5) is 14.5 Å². The normalized spacial score (nSPS) is 17.7. The second-order valence-electron chi connectivity index (χ2n) is 13.3. The first-order valence-electron chi connectivity index (χ1n) is 17.5. The number of halogens is 2. The molecule has 3 aliphatic rings. The number of benzene rings is 1. The zero-order valence-electron chi connectivity index (χ0n) is 29.9. The minimum atomic E-state index is -3.03. The number of nitrogens with zero attached hydrogens (tertiary/aromatic N) is 3. The van der Waals surface area contributed by atoms with E-state index in [0.717, 1.165) is 55.4 Å². The average molecular weight is 721 g/mol. The fourth-order valence-electron chi connectivity index (χ4n) is 6.21. The summed E-state index contributed by atoms with van der Waals surface area (Å²) in [7, 11) is 7.12. The number of carbonyl (C=O) groups is 1. The zero-order valence-corrected chi connectivity index (χ0v) is 31.1. The van der Waals surface area contributed by atoms with Crippen molar-refractivity contribution in [3.63, 3.8) is 0 Å². The number of hydrogen-bond acceptors (Lipinski definition) is 9. The predicted molar refractivity (Wildman–Crippen MR) is 203 cm³/mol. The molecule has 0 radical (unpaired) electrons. The predicted octanol–water partition coefficient (Wildman–Crippen LogP) is 5.70. The molecule has 1 unspecified atom stereocenters. The summed E-state index contributed by atoms with van der Waals surface area (Å²) in [5.41, 5.74) is 16.0. The SMILES string of the molecule is CC/C=C\C(=C/N(C)C1CN(Cc2ncccc2C(F)(F)P)C1)c1cccc(NC(/C=C(\N)NC(=O)C2CC2)=C(/N)C(NC)=C2CCC2)c1OC. The Labute approximate surface area is 302 Å². The third-order valence-corrected chi connectivity index (χ3v) is 9.76. The Morgan fingerprint density at radius 2 is 1.94 bits per heavy atom. The van der Waals surface area contributed by atoms with Crippen LogP contribution in [0.15, 0.2) is 89.4 Å². The van der Waals surface area contributed by atoms with E-state index >= 15 is 0 Å². The number of nitrogens with one attached hydrogen (secondary N) is 3. The van der Waals surface area contributed by atoms with Gasteiger partial charge in [0.05, 0.1) is 41.6 Å². The highest BCUT2D eigenvalue weighted by molar-refractivity contribution is 7.17. The maximum Gasteiger partial charge on any atom is 0.285 e. The monoisotopic (exact) mass is 720 g/mol. The zero-order chi connectivity index (χ0) is 36.7. The van der Waals surface area contributed by atoms with Gasteiger partial charge in [-0.15, -0.1) is 0 Å². The summed E-state index contributed by atoms with van der Waals surface area (Å²) < 4.78 is 34.4. The Kier molecular flexibility index (Phi) is 12.4. The van der Waals surface area contributed by atoms with Crippen LogP contribution in [0.2, 0.25) is 0 Å². The molecular weight excluding hydrogens is 669 g/mol. The molecule has 7 N–H and O–H groups in total. The van der Waals surface area contributed by atoms with Crippen LogP contribution >= 0.6 is 9.24 Å². The topological polar surface area (TPSA) is 134 Å². The Morgan fingerprint density at radius 3 is 2.55 bits per heavy atom. The first-order chi connectivity index (χ1) is 24.4. The first-order valence-corrected chi connectivity index (χ1v) is 18.1. The number of hydrogen-bond donors (Lipinski definition) is 5. The second-order valence-corrected chi connectivity index (χ2v) is 14.0. The van der Waals surface area contributed by atoms with Gasteiger partial charge < -0.3 is 37.1 Å². The summed E-state index contributed by atoms with van der Waals surface area (Å²) in [6, 6.07) is 9.02. The van der Waals surface area contributed by atoms with Gasteiger partial charge in [0.2, 0.25) is 5.91 Å². The number of para-hydroxylation sites is 1. The quantitative estimate of drug-likeness (QED) is 0.109. The average Bonchev–Trinajstić information content (AvgIpc) is 3.91. The van der Waals surface area contributed by atoms with E-state index in [0.29, 0.717) is 48.2 Å². The molecule has 1 saturated heterocycles. The number of carbonyl (C=O) groups excluding carboxylic acids is 1. The summed E-state index contributed by atoms with van der Waals surface area (Å²) in [5, 5.41) is 9.56. The van der Waals surface area contributed by atoms with E-state index in [2.05, 4.69) is 56.0 Å². The van der Waals surface area contributed by atoms with Crippen LogP contribution in [0.3, 0.4) is 0 Å². The van der Waals surface area contributed by atoms with E-state index in [9.17, 15) is 13.6 Å². The maximum atomic E-state index is 14.2. The summed E-state index contributed by atoms with van der Waals surface area (Å²) in [6.45, 7) is 3.84. The van der Waals surface area contributed by atoms with Crippen molar-refractivity contribution in [2.75, 3.05) is 39.6 Å². The summed E-state index contributed by atoms with van der Waals surface area (Å²) in [5.74, 6) is 0.717. The van der Waals surface area contributed by atoms with Gasteiger partial charge in [0.25, 0.3) is 5.66 Å². The molecule has 2 heterocycles. The molecule has 5 rings (SSSR count). The van der Waals surface area contributed by atoms with Crippen LogP contribution in [-0.4, -0.2) is 61.0 Å². The van der Waals surface area contributed by atoms with Gasteiger partial charge in [0, 0.05) is 74.8 Å². The third-order valence-electron chi connectivity index (χ3n) is 9.45. The van der Waals surface area contributed by atoms with Gasteiger partial charge in [-0.05, 0) is 62.3 Å². The van der Waals surface area contributed by atoms with Gasteiger partial charge in [-0.25, -0.2) is 0 Å². The van der Waals surface area contributed by atoms with Crippen LogP contribution in [0.25, 0.3) is 5.57 Å². The Bertz CT molecular complexity index is 1730. The molecule has 0 spiro atoms. The fraction of sp³-hybridized carbons (Fsp3) is 0.421. The Hall–Kier alpha value is -4.41. The van der Waals surface area contributed by atoms with Crippen LogP contribution in [-0.2, 0) is 17.0 Å². The molecule has 51 heavy (non-hydrogen) atoms. The van der Waals surface area contributed by atoms with E-state index in [-0.39, 0.29) is 29.3 Å². The number of allylic oxidation sites excluding steroid dienone is 5. The molecule has 2 aliphatic carbocycles. The minimum Gasteiger partial charge on any atom is -0.494 e. The lowest BCUT2D eigenvalue weighted by molar-refractivity contribution is -0.121. The van der Waals surface area contributed by atoms with Gasteiger partial charge in [-0.1, -0.05) is 40.4 Å². The van der Waals surface area contributed by atoms with Gasteiger partial charge in [0.15, 0.2) is 0 Å². The number of amides is 1. The highest BCUT2D eigenvalue weighted by Crippen LogP contribution is 2.38. The minimum absolute atomic E-state index is 0.000870. The van der Waals surface area contributed by atoms with Gasteiger partial charge in [0.1, 0.15) is 11.6 Å². The summed E-state index contributed by atoms with van der Waals surface area (Å²) in [6.07, 6.45) is 15.1. The second kappa shape index (κ2) is 16.7. The highest BCUT2D eigenvalue weighted by atomic mass is 31.0. The van der Waals surface area contributed by atoms with Crippen molar-refractivity contribution in [1.29, 1.82) is 0 Å². The van der Waals surface area contributed by atoms with Crippen LogP contribution in [0.5, 0.6) is 5.75 Å². The molecule has 3 fully saturated rings. The van der Waals surface area contributed by atoms with Crippen molar-refractivity contribution >= 4 is 26.4 Å². The number of aromatic nitrogens is 1. The molecule has 1 aromatic heterocycles. The molecule has 13 heteroatoms. The van der Waals surface area contributed by atoms with Crippen molar-refractivity contribution < 1.29 is 18.3 Å². The van der Waals surface area contributed by atoms with Crippen molar-refractivity contribution in [3.8, 4) is 5.75 Å². The van der Waals surface area contributed by atoms with Crippen molar-refractivity contribution in [1.82, 2.24) is 25.4 Å². The van der Waals surface area contributed by atoms with Gasteiger partial charge >= 0.3 is 0 Å². The maximum absolute atomic E-state index is 14.2. The van der Waals surface area contributed by atoms with Crippen molar-refractivity contribution in [3.05, 3.63) is 106 Å². The van der Waals surface area contributed by atoms with Crippen molar-refractivity contribution in [2.45, 2.75) is 63.7 Å². The van der Waals surface area contributed by atoms with E-state index in [4.69, 9.17) is 16.2 Å². The first kappa shape index (κ1) is 37.8. The van der Waals surface area contributed by atoms with Gasteiger partial charge in [-0.2, -0.15) is 8.78 Å². The molecular formula is C38H51F2N8O2P. The van der Waals surface area contributed by atoms with Crippen LogP contribution in [0, 0.1) is 5.92 Å². The Balaban J connectivity index is 1.41. The largest absolute Gasteiger partial charge is 0.494 e. The molecule has 1 aromatic carbocycles. The summed E-state index contributed by atoms with van der Waals surface area (Å²) >= 11 is 0. The van der Waals surface area contributed by atoms with Crippen LogP contribution in [0.1, 0.15) is 62.3 Å². The third kappa shape index (κ3) is 9.48. The van der Waals surface area contributed by atoms with Crippen LogP contribution < -0.4 is 32.2 Å². The number of rotatable bonds is 16. The van der Waals surface area contributed by atoms with E-state index in [1.807, 2.05) is 32.3 Å². The molecule has 0 bridgehead atoms. The molecule has 1 amide bonds. The standard InChI is InChI=1S/C38H51F2N8O2P/c1-5-6-10-26(20-47(3)27-21-48(22-27)23-32-29(38(39,40)51)14-9-18-44-32)28-13-8-15-30(36(28)50-4)45-31(19-33(41)46-37(49)25-16-17-25)34(42)35(43-2)24-11-7-12-24/h6,8-10,13-15,18-20,25,27,43,45H,5,7,11-12,16-17,21-23,41-42,51H2,1-4H3,(H,46,49)/b10-6-,26-20+,33-19+,34-31+. The number of alkyl halides is 2. The van der Waals surface area contributed by atoms with E-state index < -0.39 is 5.66 Å². The number of nitrogens with two attached hydrogens (primary N) is 2. The summed E-state index contributed by atoms with van der Waals surface area (Å²) in [4.78, 5) is 21.0. The lowest BCUT2D eigenvalue weighted by Gasteiger charge is -2.44. The number of methoxy groups -OCH3 is 1. The lowest BCUT2D eigenvalue weighted by atomic mass is 9.89.